The molecular formula is C19H22N2O3S2. The summed E-state index contributed by atoms with van der Waals surface area (Å²) in [5.41, 5.74) is 0.862. The molecule has 0 spiro atoms. The van der Waals surface area contributed by atoms with Crippen LogP contribution in [0, 0.1) is 0 Å². The molecule has 1 fully saturated rings. The summed E-state index contributed by atoms with van der Waals surface area (Å²) >= 11 is 1.57. The molecule has 2 aromatic rings. The quantitative estimate of drug-likeness (QED) is 0.770. The lowest BCUT2D eigenvalue weighted by Crippen LogP contribution is -2.35. The summed E-state index contributed by atoms with van der Waals surface area (Å²) in [6.07, 6.45) is 6.20. The SMILES string of the molecule is O=C(/C=C/c1cccs1)NCc1ccc(S(=O)(=O)N2CCCCC2)cc1. The molecule has 1 N–H and O–H groups in total. The Morgan fingerprint density at radius 2 is 1.85 bits per heavy atom. The van der Waals surface area contributed by atoms with Gasteiger partial charge in [0.25, 0.3) is 0 Å². The van der Waals surface area contributed by atoms with Gasteiger partial charge in [-0.3, -0.25) is 4.79 Å². The molecule has 26 heavy (non-hydrogen) atoms. The van der Waals surface area contributed by atoms with E-state index in [2.05, 4.69) is 5.32 Å². The van der Waals surface area contributed by atoms with Crippen molar-refractivity contribution in [1.82, 2.24) is 9.62 Å². The molecule has 0 bridgehead atoms. The van der Waals surface area contributed by atoms with Crippen LogP contribution >= 0.6 is 11.3 Å². The van der Waals surface area contributed by atoms with E-state index in [-0.39, 0.29) is 5.91 Å². The van der Waals surface area contributed by atoms with E-state index in [4.69, 9.17) is 0 Å². The average molecular weight is 391 g/mol. The van der Waals surface area contributed by atoms with Gasteiger partial charge < -0.3 is 5.32 Å². The Labute approximate surface area is 158 Å². The predicted octanol–water partition coefficient (Wildman–Crippen LogP) is 3.25. The number of nitrogens with one attached hydrogen (secondary N) is 1. The van der Waals surface area contributed by atoms with Gasteiger partial charge in [0, 0.05) is 30.6 Å². The first-order chi connectivity index (χ1) is 12.6. The van der Waals surface area contributed by atoms with Crippen LogP contribution in [0.1, 0.15) is 29.7 Å². The highest BCUT2D eigenvalue weighted by atomic mass is 32.2. The molecule has 1 aliphatic rings. The molecule has 0 radical (unpaired) electrons. The molecule has 3 rings (SSSR count). The zero-order valence-corrected chi connectivity index (χ0v) is 16.1. The molecule has 1 aromatic heterocycles. The minimum absolute atomic E-state index is 0.177. The number of nitrogens with zero attached hydrogens (tertiary/aromatic N) is 1. The Kier molecular flexibility index (Phi) is 6.24. The number of rotatable bonds is 6. The zero-order chi connectivity index (χ0) is 18.4. The molecule has 1 aromatic carbocycles. The van der Waals surface area contributed by atoms with Gasteiger partial charge >= 0.3 is 0 Å². The van der Waals surface area contributed by atoms with Gasteiger partial charge in [-0.15, -0.1) is 11.3 Å². The Morgan fingerprint density at radius 3 is 2.50 bits per heavy atom. The number of benzene rings is 1. The van der Waals surface area contributed by atoms with Crippen LogP contribution < -0.4 is 5.32 Å². The Morgan fingerprint density at radius 1 is 1.12 bits per heavy atom. The van der Waals surface area contributed by atoms with Gasteiger partial charge in [-0.1, -0.05) is 24.6 Å². The maximum atomic E-state index is 12.6. The summed E-state index contributed by atoms with van der Waals surface area (Å²) < 4.78 is 26.8. The smallest absolute Gasteiger partial charge is 0.244 e. The van der Waals surface area contributed by atoms with Crippen molar-refractivity contribution in [3.05, 3.63) is 58.3 Å². The second-order valence-electron chi connectivity index (χ2n) is 6.18. The third-order valence-electron chi connectivity index (χ3n) is 4.29. The van der Waals surface area contributed by atoms with Gasteiger partial charge in [0.15, 0.2) is 0 Å². The van der Waals surface area contributed by atoms with Gasteiger partial charge in [-0.05, 0) is 48.1 Å². The lowest BCUT2D eigenvalue weighted by molar-refractivity contribution is -0.116. The van der Waals surface area contributed by atoms with Crippen LogP contribution in [-0.2, 0) is 21.4 Å². The fourth-order valence-corrected chi connectivity index (χ4v) is 4.96. The van der Waals surface area contributed by atoms with Crippen LogP contribution in [0.3, 0.4) is 0 Å². The van der Waals surface area contributed by atoms with Crippen molar-refractivity contribution in [2.75, 3.05) is 13.1 Å². The van der Waals surface area contributed by atoms with E-state index in [1.165, 1.54) is 6.08 Å². The first kappa shape index (κ1) is 18.8. The van der Waals surface area contributed by atoms with Crippen LogP contribution in [-0.4, -0.2) is 31.7 Å². The van der Waals surface area contributed by atoms with E-state index in [0.29, 0.717) is 24.5 Å². The second kappa shape index (κ2) is 8.62. The number of piperidine rings is 1. The van der Waals surface area contributed by atoms with Gasteiger partial charge in [0.05, 0.1) is 4.90 Å². The summed E-state index contributed by atoms with van der Waals surface area (Å²) in [4.78, 5) is 13.2. The van der Waals surface area contributed by atoms with Gasteiger partial charge in [-0.25, -0.2) is 8.42 Å². The lowest BCUT2D eigenvalue weighted by Gasteiger charge is -2.25. The minimum Gasteiger partial charge on any atom is -0.348 e. The third kappa shape index (κ3) is 4.81. The van der Waals surface area contributed by atoms with Crippen molar-refractivity contribution in [2.24, 2.45) is 0 Å². The van der Waals surface area contributed by atoms with E-state index in [1.54, 1.807) is 46.0 Å². The molecule has 138 valence electrons. The number of carbonyl (C=O) groups excluding carboxylic acids is 1. The highest BCUT2D eigenvalue weighted by Crippen LogP contribution is 2.20. The highest BCUT2D eigenvalue weighted by molar-refractivity contribution is 7.89. The van der Waals surface area contributed by atoms with Crippen LogP contribution in [0.15, 0.2) is 52.7 Å². The van der Waals surface area contributed by atoms with Gasteiger partial charge in [-0.2, -0.15) is 4.31 Å². The summed E-state index contributed by atoms with van der Waals surface area (Å²) in [6, 6.07) is 10.6. The van der Waals surface area contributed by atoms with Crippen molar-refractivity contribution in [1.29, 1.82) is 0 Å². The molecule has 7 heteroatoms. The molecule has 0 saturated carbocycles. The minimum atomic E-state index is -3.41. The second-order valence-corrected chi connectivity index (χ2v) is 9.09. The fourth-order valence-electron chi connectivity index (χ4n) is 2.83. The molecule has 1 amide bonds. The Balaban J connectivity index is 1.56. The van der Waals surface area contributed by atoms with Crippen molar-refractivity contribution in [3.8, 4) is 0 Å². The number of hydrogen-bond donors (Lipinski definition) is 1. The lowest BCUT2D eigenvalue weighted by atomic mass is 10.2. The van der Waals surface area contributed by atoms with Crippen molar-refractivity contribution in [2.45, 2.75) is 30.7 Å². The number of sulfonamides is 1. The molecule has 1 aliphatic heterocycles. The van der Waals surface area contributed by atoms with Crippen LogP contribution in [0.25, 0.3) is 6.08 Å². The first-order valence-electron chi connectivity index (χ1n) is 8.64. The third-order valence-corrected chi connectivity index (χ3v) is 7.04. The molecule has 2 heterocycles. The Hall–Kier alpha value is -1.96. The van der Waals surface area contributed by atoms with Crippen molar-refractivity contribution < 1.29 is 13.2 Å². The molecule has 5 nitrogen and oxygen atoms in total. The van der Waals surface area contributed by atoms with Gasteiger partial charge in [0.2, 0.25) is 15.9 Å². The number of amides is 1. The fraction of sp³-hybridized carbons (Fsp3) is 0.316. The predicted molar refractivity (Wildman–Crippen MR) is 104 cm³/mol. The van der Waals surface area contributed by atoms with E-state index in [1.807, 2.05) is 17.5 Å². The summed E-state index contributed by atoms with van der Waals surface area (Å²) in [6.45, 7) is 1.55. The highest BCUT2D eigenvalue weighted by Gasteiger charge is 2.25. The molecular weight excluding hydrogens is 368 g/mol. The zero-order valence-electron chi connectivity index (χ0n) is 14.4. The van der Waals surface area contributed by atoms with Crippen LogP contribution in [0.5, 0.6) is 0 Å². The molecule has 0 aliphatic carbocycles. The maximum Gasteiger partial charge on any atom is 0.244 e. The number of carbonyl (C=O) groups is 1. The monoisotopic (exact) mass is 390 g/mol. The largest absolute Gasteiger partial charge is 0.348 e. The van der Waals surface area contributed by atoms with Crippen LogP contribution in [0.2, 0.25) is 0 Å². The van der Waals surface area contributed by atoms with E-state index < -0.39 is 10.0 Å². The topological polar surface area (TPSA) is 66.5 Å². The first-order valence-corrected chi connectivity index (χ1v) is 11.0. The van der Waals surface area contributed by atoms with E-state index >= 15 is 0 Å². The van der Waals surface area contributed by atoms with Gasteiger partial charge in [0.1, 0.15) is 0 Å². The molecule has 0 atom stereocenters. The van der Waals surface area contributed by atoms with Crippen molar-refractivity contribution >= 4 is 33.3 Å². The summed E-state index contributed by atoms with van der Waals surface area (Å²) in [7, 11) is -3.41. The summed E-state index contributed by atoms with van der Waals surface area (Å²) in [5, 5.41) is 4.76. The Bertz CT molecular complexity index is 851. The van der Waals surface area contributed by atoms with E-state index in [0.717, 1.165) is 29.7 Å². The number of hydrogen-bond acceptors (Lipinski definition) is 4. The summed E-state index contributed by atoms with van der Waals surface area (Å²) in [5.74, 6) is -0.177. The average Bonchev–Trinajstić information content (AvgIpc) is 3.19. The maximum absolute atomic E-state index is 12.6. The molecule has 1 saturated heterocycles. The normalized spacial score (nSPS) is 16.0. The van der Waals surface area contributed by atoms with Crippen molar-refractivity contribution in [3.63, 3.8) is 0 Å². The van der Waals surface area contributed by atoms with E-state index in [9.17, 15) is 13.2 Å². The van der Waals surface area contributed by atoms with Crippen LogP contribution in [0.4, 0.5) is 0 Å². The molecule has 0 unspecified atom stereocenters. The standard InChI is InChI=1S/C19H22N2O3S2/c22-19(11-8-17-5-4-14-25-17)20-15-16-6-9-18(10-7-16)26(23,24)21-12-2-1-3-13-21/h4-11,14H,1-3,12-13,15H2,(H,20,22)/b11-8+. The number of thiophene rings is 1.